The van der Waals surface area contributed by atoms with Crippen LogP contribution in [0.1, 0.15) is 21.6 Å². The lowest BCUT2D eigenvalue weighted by Gasteiger charge is -2.26. The molecule has 0 aliphatic carbocycles. The molecule has 6 rings (SSSR count). The first-order chi connectivity index (χ1) is 22.0. The van der Waals surface area contributed by atoms with Gasteiger partial charge in [-0.2, -0.15) is 5.10 Å². The van der Waals surface area contributed by atoms with Crippen LogP contribution in [0.4, 0.5) is 20.3 Å². The largest absolute Gasteiger partial charge is 0.454 e. The molecule has 15 heteroatoms. The third kappa shape index (κ3) is 6.27. The van der Waals surface area contributed by atoms with Crippen LogP contribution in [-0.2, 0) is 19.6 Å². The standard InChI is InChI=1S/C31H28F2N6O6S/c1-18-12-20(45-28-5-3-2-4-22(28)32)6-7-27(18)39-31(34)21(16-35-39)30(41)26-14-19-13-23(33)25(15-24(19)36-26)37-46(42,43)17-29(40)38-8-10-44-11-9-38/h2-7,12-16,36-37H,8-11,17,34H2,1H3. The van der Waals surface area contributed by atoms with E-state index in [9.17, 15) is 26.8 Å². The molecule has 4 N–H and O–H groups in total. The lowest BCUT2D eigenvalue weighted by molar-refractivity contribution is -0.132. The Morgan fingerprint density at radius 2 is 1.83 bits per heavy atom. The number of fused-ring (bicyclic) bond motifs is 1. The molecule has 3 aromatic carbocycles. The van der Waals surface area contributed by atoms with Gasteiger partial charge in [0.05, 0.1) is 42.0 Å². The van der Waals surface area contributed by atoms with E-state index in [-0.39, 0.29) is 47.1 Å². The molecule has 1 fully saturated rings. The lowest BCUT2D eigenvalue weighted by atomic mass is 10.1. The summed E-state index contributed by atoms with van der Waals surface area (Å²) < 4.78 is 68.6. The summed E-state index contributed by atoms with van der Waals surface area (Å²) in [6.45, 7) is 2.95. The van der Waals surface area contributed by atoms with Gasteiger partial charge in [0.25, 0.3) is 0 Å². The molecule has 3 heterocycles. The summed E-state index contributed by atoms with van der Waals surface area (Å²) in [6.07, 6.45) is 1.30. The molecule has 1 amide bonds. The Balaban J connectivity index is 1.20. The molecule has 0 unspecified atom stereocenters. The number of morpholine rings is 1. The second-order valence-corrected chi connectivity index (χ2v) is 12.3. The average Bonchev–Trinajstić information content (AvgIpc) is 3.61. The number of sulfonamides is 1. The van der Waals surface area contributed by atoms with Crippen LogP contribution in [0.25, 0.3) is 16.6 Å². The maximum Gasteiger partial charge on any atom is 0.241 e. The summed E-state index contributed by atoms with van der Waals surface area (Å²) in [7, 11) is -4.24. The van der Waals surface area contributed by atoms with Crippen molar-refractivity contribution in [2.24, 2.45) is 0 Å². The summed E-state index contributed by atoms with van der Waals surface area (Å²) in [5.74, 6) is -2.90. The van der Waals surface area contributed by atoms with E-state index in [2.05, 4.69) is 14.8 Å². The summed E-state index contributed by atoms with van der Waals surface area (Å²) in [4.78, 5) is 30.1. The van der Waals surface area contributed by atoms with Crippen LogP contribution in [-0.4, -0.2) is 71.8 Å². The van der Waals surface area contributed by atoms with Gasteiger partial charge in [0.15, 0.2) is 11.6 Å². The van der Waals surface area contributed by atoms with Crippen molar-refractivity contribution in [2.45, 2.75) is 6.92 Å². The highest BCUT2D eigenvalue weighted by Crippen LogP contribution is 2.30. The molecule has 2 aromatic heterocycles. The van der Waals surface area contributed by atoms with Gasteiger partial charge in [0.1, 0.15) is 23.1 Å². The Morgan fingerprint density at radius 3 is 2.57 bits per heavy atom. The fraction of sp³-hybridized carbons (Fsp3) is 0.194. The first-order valence-electron chi connectivity index (χ1n) is 14.1. The number of H-pyrrole nitrogens is 1. The number of ether oxygens (including phenoxy) is 2. The number of para-hydroxylation sites is 1. The highest BCUT2D eigenvalue weighted by atomic mass is 32.2. The highest BCUT2D eigenvalue weighted by molar-refractivity contribution is 7.93. The van der Waals surface area contributed by atoms with Gasteiger partial charge in [-0.15, -0.1) is 0 Å². The zero-order valence-electron chi connectivity index (χ0n) is 24.4. The van der Waals surface area contributed by atoms with Gasteiger partial charge in [-0.05, 0) is 61.0 Å². The highest BCUT2D eigenvalue weighted by Gasteiger charge is 2.25. The number of nitrogens with one attached hydrogen (secondary N) is 2. The van der Waals surface area contributed by atoms with Gasteiger partial charge in [-0.25, -0.2) is 21.9 Å². The Hall–Kier alpha value is -5.28. The Morgan fingerprint density at radius 1 is 1.07 bits per heavy atom. The number of hydrogen-bond acceptors (Lipinski definition) is 8. The maximum absolute atomic E-state index is 14.9. The number of ketones is 1. The van der Waals surface area contributed by atoms with Crippen molar-refractivity contribution < 1.29 is 36.3 Å². The maximum atomic E-state index is 14.9. The van der Waals surface area contributed by atoms with Crippen molar-refractivity contribution in [3.05, 3.63) is 95.3 Å². The molecule has 0 spiro atoms. The fourth-order valence-electron chi connectivity index (χ4n) is 5.08. The number of nitrogens with two attached hydrogens (primary N) is 1. The predicted octanol–water partition coefficient (Wildman–Crippen LogP) is 4.15. The van der Waals surface area contributed by atoms with Gasteiger partial charge in [0.2, 0.25) is 21.7 Å². The molecule has 238 valence electrons. The molecular weight excluding hydrogens is 622 g/mol. The van der Waals surface area contributed by atoms with Gasteiger partial charge >= 0.3 is 0 Å². The fourth-order valence-corrected chi connectivity index (χ4v) is 6.15. The molecule has 12 nitrogen and oxygen atoms in total. The van der Waals surface area contributed by atoms with Crippen molar-refractivity contribution in [1.82, 2.24) is 19.7 Å². The minimum Gasteiger partial charge on any atom is -0.454 e. The number of benzene rings is 3. The number of rotatable bonds is 9. The van der Waals surface area contributed by atoms with E-state index >= 15 is 0 Å². The van der Waals surface area contributed by atoms with E-state index in [1.807, 2.05) is 0 Å². The van der Waals surface area contributed by atoms with Crippen LogP contribution in [0.5, 0.6) is 11.5 Å². The molecular formula is C31H28F2N6O6S. The first kappa shape index (κ1) is 30.7. The normalized spacial score (nSPS) is 13.6. The second kappa shape index (κ2) is 12.3. The Kier molecular flexibility index (Phi) is 8.19. The van der Waals surface area contributed by atoms with Gasteiger partial charge < -0.3 is 25.1 Å². The summed E-state index contributed by atoms with van der Waals surface area (Å²) >= 11 is 0. The van der Waals surface area contributed by atoms with Crippen LogP contribution >= 0.6 is 0 Å². The minimum absolute atomic E-state index is 0.0408. The zero-order valence-corrected chi connectivity index (χ0v) is 25.2. The van der Waals surface area contributed by atoms with Crippen molar-refractivity contribution >= 4 is 44.1 Å². The third-order valence-electron chi connectivity index (χ3n) is 7.41. The molecule has 0 radical (unpaired) electrons. The summed E-state index contributed by atoms with van der Waals surface area (Å²) in [5.41, 5.74) is 7.61. The number of aromatic nitrogens is 3. The number of nitrogens with zero attached hydrogens (tertiary/aromatic N) is 3. The van der Waals surface area contributed by atoms with Crippen LogP contribution in [0.3, 0.4) is 0 Å². The topological polar surface area (TPSA) is 162 Å². The SMILES string of the molecule is Cc1cc(Oc2ccccc2F)ccc1-n1ncc(C(=O)c2cc3cc(F)c(NS(=O)(=O)CC(=O)N4CCOCC4)cc3[nH]2)c1N. The third-order valence-corrected chi connectivity index (χ3v) is 8.57. The van der Waals surface area contributed by atoms with Crippen molar-refractivity contribution in [2.75, 3.05) is 42.5 Å². The van der Waals surface area contributed by atoms with Crippen LogP contribution < -0.4 is 15.2 Å². The number of nitrogen functional groups attached to an aromatic ring is 1. The molecule has 0 saturated carbocycles. The Labute approximate surface area is 261 Å². The van der Waals surface area contributed by atoms with Crippen molar-refractivity contribution in [1.29, 1.82) is 0 Å². The second-order valence-electron chi connectivity index (χ2n) is 10.6. The number of carbonyl (C=O) groups excluding carboxylic acids is 2. The molecule has 5 aromatic rings. The number of carbonyl (C=O) groups is 2. The zero-order chi connectivity index (χ0) is 32.6. The van der Waals surface area contributed by atoms with E-state index in [0.29, 0.717) is 35.6 Å². The van der Waals surface area contributed by atoms with Gasteiger partial charge in [0, 0.05) is 24.0 Å². The quantitative estimate of drug-likeness (QED) is 0.201. The van der Waals surface area contributed by atoms with E-state index in [1.54, 1.807) is 37.3 Å². The molecule has 1 aliphatic heterocycles. The first-order valence-corrected chi connectivity index (χ1v) is 15.7. The number of anilines is 2. The van der Waals surface area contributed by atoms with Gasteiger partial charge in [-0.1, -0.05) is 12.1 Å². The van der Waals surface area contributed by atoms with E-state index in [0.717, 1.165) is 6.07 Å². The van der Waals surface area contributed by atoms with Crippen LogP contribution in [0, 0.1) is 18.6 Å². The van der Waals surface area contributed by atoms with Gasteiger partial charge in [-0.3, -0.25) is 14.3 Å². The average molecular weight is 651 g/mol. The Bertz CT molecular complexity index is 2090. The van der Waals surface area contributed by atoms with Crippen molar-refractivity contribution in [3.8, 4) is 17.2 Å². The molecule has 0 bridgehead atoms. The molecule has 46 heavy (non-hydrogen) atoms. The summed E-state index contributed by atoms with van der Waals surface area (Å²) in [6, 6.07) is 14.7. The van der Waals surface area contributed by atoms with E-state index < -0.39 is 39.1 Å². The lowest BCUT2D eigenvalue weighted by Crippen LogP contribution is -2.44. The number of hydrogen-bond donors (Lipinski definition) is 3. The summed E-state index contributed by atoms with van der Waals surface area (Å²) in [5, 5.41) is 4.59. The predicted molar refractivity (Wildman–Crippen MR) is 166 cm³/mol. The van der Waals surface area contributed by atoms with Crippen molar-refractivity contribution in [3.63, 3.8) is 0 Å². The molecule has 1 aliphatic rings. The molecule has 0 atom stereocenters. The smallest absolute Gasteiger partial charge is 0.241 e. The number of aryl methyl sites for hydroxylation is 1. The van der Waals surface area contributed by atoms with Crippen LogP contribution in [0.2, 0.25) is 0 Å². The number of halogens is 2. The van der Waals surface area contributed by atoms with E-state index in [1.165, 1.54) is 40.0 Å². The number of aromatic amines is 1. The molecule has 1 saturated heterocycles. The number of amides is 1. The monoisotopic (exact) mass is 650 g/mol. The van der Waals surface area contributed by atoms with Crippen LogP contribution in [0.15, 0.2) is 66.9 Å². The van der Waals surface area contributed by atoms with E-state index in [4.69, 9.17) is 15.2 Å². The minimum atomic E-state index is -4.24.